The van der Waals surface area contributed by atoms with Crippen molar-refractivity contribution in [1.82, 2.24) is 5.32 Å². The zero-order valence-electron chi connectivity index (χ0n) is 16.9. The fourth-order valence-corrected chi connectivity index (χ4v) is 3.41. The Labute approximate surface area is 165 Å². The molecule has 0 saturated carbocycles. The van der Waals surface area contributed by atoms with Crippen molar-refractivity contribution >= 4 is 28.0 Å². The standard InChI is InChI=1S/C17H31NO9S/c1-11(2)9-14(20)26-10-13(17(4,5)15(21)16(22)23)27-28(24,25)8-6-7-18-12(3)19/h11,13,15,21H,6-10H2,1-5H3,(H,18,19)(H,22,23)/t13?,15-/m0/s1. The van der Waals surface area contributed by atoms with Crippen LogP contribution in [0.2, 0.25) is 0 Å². The molecule has 0 saturated heterocycles. The van der Waals surface area contributed by atoms with Crippen molar-refractivity contribution in [3.05, 3.63) is 0 Å². The van der Waals surface area contributed by atoms with Crippen LogP contribution < -0.4 is 5.32 Å². The van der Waals surface area contributed by atoms with Crippen molar-refractivity contribution in [2.45, 2.75) is 59.7 Å². The number of carboxylic acids is 1. The summed E-state index contributed by atoms with van der Waals surface area (Å²) in [5.74, 6) is -2.88. The van der Waals surface area contributed by atoms with Crippen LogP contribution in [-0.2, 0) is 33.4 Å². The quantitative estimate of drug-likeness (QED) is 0.214. The Balaban J connectivity index is 5.23. The lowest BCUT2D eigenvalue weighted by molar-refractivity contribution is -0.162. The molecule has 0 radical (unpaired) electrons. The molecule has 0 fully saturated rings. The molecule has 2 atom stereocenters. The summed E-state index contributed by atoms with van der Waals surface area (Å²) in [5, 5.41) is 21.5. The molecule has 0 aliphatic heterocycles. The lowest BCUT2D eigenvalue weighted by Crippen LogP contribution is -2.49. The number of aliphatic hydroxyl groups excluding tert-OH is 1. The number of nitrogens with one attached hydrogen (secondary N) is 1. The molecule has 0 rings (SSSR count). The molecule has 1 unspecified atom stereocenters. The predicted molar refractivity (Wildman–Crippen MR) is 99.8 cm³/mol. The Hall–Kier alpha value is -1.72. The first-order chi connectivity index (χ1) is 12.7. The van der Waals surface area contributed by atoms with Crippen LogP contribution in [0.3, 0.4) is 0 Å². The number of carbonyl (C=O) groups is 3. The van der Waals surface area contributed by atoms with Gasteiger partial charge in [0, 0.05) is 25.3 Å². The summed E-state index contributed by atoms with van der Waals surface area (Å²) in [6, 6.07) is 0. The molecular weight excluding hydrogens is 394 g/mol. The van der Waals surface area contributed by atoms with Crippen molar-refractivity contribution in [3.8, 4) is 0 Å². The molecule has 0 aliphatic rings. The van der Waals surface area contributed by atoms with Gasteiger partial charge in [0.25, 0.3) is 10.1 Å². The zero-order chi connectivity index (χ0) is 22.1. The van der Waals surface area contributed by atoms with Gasteiger partial charge in [-0.25, -0.2) is 4.79 Å². The summed E-state index contributed by atoms with van der Waals surface area (Å²) in [5.41, 5.74) is -1.57. The van der Waals surface area contributed by atoms with E-state index in [-0.39, 0.29) is 31.2 Å². The van der Waals surface area contributed by atoms with Crippen molar-refractivity contribution in [2.75, 3.05) is 18.9 Å². The second kappa shape index (κ2) is 11.3. The van der Waals surface area contributed by atoms with Gasteiger partial charge in [-0.1, -0.05) is 27.7 Å². The summed E-state index contributed by atoms with van der Waals surface area (Å²) in [7, 11) is -4.14. The van der Waals surface area contributed by atoms with Gasteiger partial charge in [0.05, 0.1) is 5.75 Å². The van der Waals surface area contributed by atoms with E-state index in [2.05, 4.69) is 5.32 Å². The van der Waals surface area contributed by atoms with E-state index in [4.69, 9.17) is 14.0 Å². The van der Waals surface area contributed by atoms with Gasteiger partial charge in [-0.05, 0) is 12.3 Å². The Morgan fingerprint density at radius 2 is 1.75 bits per heavy atom. The molecule has 0 aromatic rings. The number of hydrogen-bond acceptors (Lipinski definition) is 8. The van der Waals surface area contributed by atoms with E-state index in [1.54, 1.807) is 13.8 Å². The molecule has 28 heavy (non-hydrogen) atoms. The largest absolute Gasteiger partial charge is 0.479 e. The smallest absolute Gasteiger partial charge is 0.333 e. The van der Waals surface area contributed by atoms with Crippen LogP contribution in [0.1, 0.15) is 47.5 Å². The van der Waals surface area contributed by atoms with E-state index < -0.39 is 52.0 Å². The summed E-state index contributed by atoms with van der Waals surface area (Å²) in [6.45, 7) is 7.09. The summed E-state index contributed by atoms with van der Waals surface area (Å²) >= 11 is 0. The van der Waals surface area contributed by atoms with Gasteiger partial charge >= 0.3 is 11.9 Å². The minimum Gasteiger partial charge on any atom is -0.479 e. The van der Waals surface area contributed by atoms with Crippen LogP contribution >= 0.6 is 0 Å². The fraction of sp³-hybridized carbons (Fsp3) is 0.824. The van der Waals surface area contributed by atoms with Crippen molar-refractivity contribution < 1.29 is 41.9 Å². The van der Waals surface area contributed by atoms with Crippen LogP contribution in [0, 0.1) is 11.3 Å². The van der Waals surface area contributed by atoms with Gasteiger partial charge in [0.1, 0.15) is 12.7 Å². The zero-order valence-corrected chi connectivity index (χ0v) is 17.7. The molecule has 11 heteroatoms. The highest BCUT2D eigenvalue weighted by molar-refractivity contribution is 7.86. The maximum Gasteiger partial charge on any atom is 0.333 e. The second-order valence-corrected chi connectivity index (χ2v) is 9.24. The number of aliphatic carboxylic acids is 1. The van der Waals surface area contributed by atoms with Crippen LogP contribution in [-0.4, -0.2) is 67.6 Å². The minimum atomic E-state index is -4.14. The first kappa shape index (κ1) is 26.3. The van der Waals surface area contributed by atoms with Crippen LogP contribution in [0.25, 0.3) is 0 Å². The van der Waals surface area contributed by atoms with Crippen molar-refractivity contribution in [1.29, 1.82) is 0 Å². The predicted octanol–water partition coefficient (Wildman–Crippen LogP) is 0.289. The topological polar surface area (TPSA) is 156 Å². The van der Waals surface area contributed by atoms with E-state index in [1.807, 2.05) is 0 Å². The monoisotopic (exact) mass is 425 g/mol. The highest BCUT2D eigenvalue weighted by Crippen LogP contribution is 2.30. The van der Waals surface area contributed by atoms with Gasteiger partial charge in [-0.3, -0.25) is 13.8 Å². The number of carbonyl (C=O) groups excluding carboxylic acids is 2. The first-order valence-corrected chi connectivity index (χ1v) is 10.5. The van der Waals surface area contributed by atoms with Gasteiger partial charge in [-0.15, -0.1) is 0 Å². The summed E-state index contributed by atoms with van der Waals surface area (Å²) in [4.78, 5) is 33.8. The third-order valence-corrected chi connectivity index (χ3v) is 5.26. The SMILES string of the molecule is CC(=O)NCCCS(=O)(=O)OC(COC(=O)CC(C)C)C(C)(C)[C@@H](O)C(=O)O. The Kier molecular flexibility index (Phi) is 10.6. The molecule has 0 aliphatic carbocycles. The highest BCUT2D eigenvalue weighted by atomic mass is 32.2. The molecule has 0 spiro atoms. The third-order valence-electron chi connectivity index (χ3n) is 3.95. The van der Waals surface area contributed by atoms with E-state index in [1.165, 1.54) is 20.8 Å². The first-order valence-electron chi connectivity index (χ1n) is 8.91. The lowest BCUT2D eigenvalue weighted by atomic mass is 9.81. The maximum absolute atomic E-state index is 12.2. The number of aliphatic hydroxyl groups is 1. The molecule has 0 aromatic heterocycles. The van der Waals surface area contributed by atoms with Crippen LogP contribution in [0.4, 0.5) is 0 Å². The molecule has 10 nitrogen and oxygen atoms in total. The van der Waals surface area contributed by atoms with Crippen LogP contribution in [0.15, 0.2) is 0 Å². The fourth-order valence-electron chi connectivity index (χ4n) is 2.16. The molecule has 1 amide bonds. The Morgan fingerprint density at radius 3 is 2.21 bits per heavy atom. The Bertz CT molecular complexity index is 643. The van der Waals surface area contributed by atoms with E-state index in [9.17, 15) is 27.9 Å². The molecule has 0 aromatic carbocycles. The maximum atomic E-state index is 12.2. The average Bonchev–Trinajstić information content (AvgIpc) is 2.53. The third kappa shape index (κ3) is 10.00. The number of rotatable bonds is 13. The number of ether oxygens (including phenoxy) is 1. The Morgan fingerprint density at radius 1 is 1.18 bits per heavy atom. The van der Waals surface area contributed by atoms with Crippen LogP contribution in [0.5, 0.6) is 0 Å². The molecule has 3 N–H and O–H groups in total. The average molecular weight is 426 g/mol. The number of carboxylic acid groups (broad SMARTS) is 1. The van der Waals surface area contributed by atoms with E-state index >= 15 is 0 Å². The van der Waals surface area contributed by atoms with Crippen molar-refractivity contribution in [2.24, 2.45) is 11.3 Å². The van der Waals surface area contributed by atoms with Gasteiger partial charge in [-0.2, -0.15) is 8.42 Å². The molecule has 164 valence electrons. The molecule has 0 bridgehead atoms. The lowest BCUT2D eigenvalue weighted by Gasteiger charge is -2.35. The summed E-state index contributed by atoms with van der Waals surface area (Å²) < 4.78 is 34.6. The summed E-state index contributed by atoms with van der Waals surface area (Å²) in [6.07, 6.45) is -3.20. The minimum absolute atomic E-state index is 0.0157. The molecular formula is C17H31NO9S. The number of amides is 1. The van der Waals surface area contributed by atoms with Gasteiger partial charge in [0.2, 0.25) is 5.91 Å². The number of hydrogen-bond donors (Lipinski definition) is 3. The molecule has 0 heterocycles. The van der Waals surface area contributed by atoms with Crippen molar-refractivity contribution in [3.63, 3.8) is 0 Å². The van der Waals surface area contributed by atoms with Gasteiger partial charge < -0.3 is 20.3 Å². The second-order valence-electron chi connectivity index (χ2n) is 7.53. The number of esters is 1. The van der Waals surface area contributed by atoms with E-state index in [0.717, 1.165) is 0 Å². The highest BCUT2D eigenvalue weighted by Gasteiger charge is 2.44. The van der Waals surface area contributed by atoms with E-state index in [0.29, 0.717) is 0 Å². The van der Waals surface area contributed by atoms with Gasteiger partial charge in [0.15, 0.2) is 6.10 Å². The normalized spacial score (nSPS) is 14.4.